The molecule has 0 fully saturated rings. The first kappa shape index (κ1) is 18.6. The van der Waals surface area contributed by atoms with Crippen LogP contribution in [0, 0.1) is 33.6 Å². The van der Waals surface area contributed by atoms with Crippen LogP contribution in [0.4, 0.5) is 0 Å². The molecule has 2 unspecified atom stereocenters. The predicted octanol–water partition coefficient (Wildman–Crippen LogP) is 2.10. The quantitative estimate of drug-likeness (QED) is 0.839. The fraction of sp³-hybridized carbons (Fsp3) is 0.562. The molecule has 0 aliphatic carbocycles. The maximum absolute atomic E-state index is 12.8. The summed E-state index contributed by atoms with van der Waals surface area (Å²) < 4.78 is 28.1. The van der Waals surface area contributed by atoms with Gasteiger partial charge in [0.25, 0.3) is 0 Å². The summed E-state index contributed by atoms with van der Waals surface area (Å²) in [5, 5.41) is 0. The van der Waals surface area contributed by atoms with Crippen LogP contribution in [0.5, 0.6) is 0 Å². The van der Waals surface area contributed by atoms with Gasteiger partial charge in [-0.05, 0) is 55.9 Å². The van der Waals surface area contributed by atoms with Crippen molar-refractivity contribution in [3.63, 3.8) is 0 Å². The Hall–Kier alpha value is -1.40. The standard InChI is InChI=1S/C16H26N2O3S/c1-7-9(2)14(16(17)19)18-22(20,21)15-12(5)10(3)8-11(4)13(15)6/h8-9,14,18H,7H2,1-6H3,(H2,17,19). The molecule has 5 nitrogen and oxygen atoms in total. The van der Waals surface area contributed by atoms with Crippen LogP contribution in [0.2, 0.25) is 0 Å². The Kier molecular flexibility index (Phi) is 5.76. The van der Waals surface area contributed by atoms with E-state index in [0.29, 0.717) is 17.5 Å². The number of hydrogen-bond acceptors (Lipinski definition) is 3. The lowest BCUT2D eigenvalue weighted by Crippen LogP contribution is -2.48. The molecule has 0 aliphatic heterocycles. The van der Waals surface area contributed by atoms with Crippen LogP contribution < -0.4 is 10.5 Å². The van der Waals surface area contributed by atoms with Crippen molar-refractivity contribution in [2.24, 2.45) is 11.7 Å². The van der Waals surface area contributed by atoms with Crippen molar-refractivity contribution in [2.75, 3.05) is 0 Å². The molecule has 1 aromatic rings. The molecule has 22 heavy (non-hydrogen) atoms. The summed E-state index contributed by atoms with van der Waals surface area (Å²) in [4.78, 5) is 11.9. The van der Waals surface area contributed by atoms with Gasteiger partial charge in [-0.25, -0.2) is 8.42 Å². The van der Waals surface area contributed by atoms with Crippen molar-refractivity contribution in [1.29, 1.82) is 0 Å². The van der Waals surface area contributed by atoms with Gasteiger partial charge in [0.15, 0.2) is 0 Å². The highest BCUT2D eigenvalue weighted by Crippen LogP contribution is 2.26. The Bertz CT molecular complexity index is 655. The predicted molar refractivity (Wildman–Crippen MR) is 88.1 cm³/mol. The molecule has 6 heteroatoms. The summed E-state index contributed by atoms with van der Waals surface area (Å²) >= 11 is 0. The third-order valence-corrected chi connectivity index (χ3v) is 6.08. The van der Waals surface area contributed by atoms with E-state index in [1.807, 2.05) is 26.8 Å². The highest BCUT2D eigenvalue weighted by Gasteiger charge is 2.30. The fourth-order valence-corrected chi connectivity index (χ4v) is 4.43. The topological polar surface area (TPSA) is 89.3 Å². The Balaban J connectivity index is 3.40. The maximum atomic E-state index is 12.8. The second-order valence-electron chi connectivity index (χ2n) is 5.98. The molecule has 1 rings (SSSR count). The van der Waals surface area contributed by atoms with Crippen molar-refractivity contribution >= 4 is 15.9 Å². The second-order valence-corrected chi connectivity index (χ2v) is 7.63. The molecule has 0 radical (unpaired) electrons. The molecule has 0 saturated heterocycles. The molecule has 1 aromatic carbocycles. The smallest absolute Gasteiger partial charge is 0.241 e. The second kappa shape index (κ2) is 6.79. The number of aryl methyl sites for hydroxylation is 2. The Morgan fingerprint density at radius 1 is 1.18 bits per heavy atom. The maximum Gasteiger partial charge on any atom is 0.241 e. The number of benzene rings is 1. The molecule has 0 spiro atoms. The van der Waals surface area contributed by atoms with Gasteiger partial charge in [-0.1, -0.05) is 26.3 Å². The minimum atomic E-state index is -3.82. The fourth-order valence-electron chi connectivity index (χ4n) is 2.50. The number of carbonyl (C=O) groups excluding carboxylic acids is 1. The van der Waals surface area contributed by atoms with E-state index in [9.17, 15) is 13.2 Å². The van der Waals surface area contributed by atoms with Crippen LogP contribution in [0.3, 0.4) is 0 Å². The summed E-state index contributed by atoms with van der Waals surface area (Å²) in [5.74, 6) is -0.823. The molecule has 124 valence electrons. The molecule has 0 aromatic heterocycles. The normalized spacial score (nSPS) is 14.6. The summed E-state index contributed by atoms with van der Waals surface area (Å²) in [7, 11) is -3.82. The van der Waals surface area contributed by atoms with E-state index in [1.54, 1.807) is 20.8 Å². The van der Waals surface area contributed by atoms with Gasteiger partial charge in [-0.15, -0.1) is 0 Å². The SMILES string of the molecule is CCC(C)C(NS(=O)(=O)c1c(C)c(C)cc(C)c1C)C(N)=O. The summed E-state index contributed by atoms with van der Waals surface area (Å²) in [5.41, 5.74) is 8.57. The van der Waals surface area contributed by atoms with Crippen LogP contribution in [-0.4, -0.2) is 20.4 Å². The lowest BCUT2D eigenvalue weighted by molar-refractivity contribution is -0.120. The lowest BCUT2D eigenvalue weighted by atomic mass is 10.00. The zero-order chi connectivity index (χ0) is 17.2. The molecule has 2 atom stereocenters. The van der Waals surface area contributed by atoms with E-state index in [2.05, 4.69) is 4.72 Å². The monoisotopic (exact) mass is 326 g/mol. The average Bonchev–Trinajstić information content (AvgIpc) is 2.41. The van der Waals surface area contributed by atoms with Gasteiger partial charge >= 0.3 is 0 Å². The number of amides is 1. The van der Waals surface area contributed by atoms with Crippen LogP contribution in [0.25, 0.3) is 0 Å². The van der Waals surface area contributed by atoms with Gasteiger partial charge in [0, 0.05) is 0 Å². The highest BCUT2D eigenvalue weighted by molar-refractivity contribution is 7.89. The third-order valence-electron chi connectivity index (χ3n) is 4.37. The van der Waals surface area contributed by atoms with Crippen LogP contribution in [-0.2, 0) is 14.8 Å². The molecule has 0 bridgehead atoms. The number of nitrogens with one attached hydrogen (secondary N) is 1. The van der Waals surface area contributed by atoms with Gasteiger partial charge in [-0.2, -0.15) is 4.72 Å². The van der Waals surface area contributed by atoms with Crippen LogP contribution in [0.1, 0.15) is 42.5 Å². The van der Waals surface area contributed by atoms with Gasteiger partial charge in [0.1, 0.15) is 6.04 Å². The summed E-state index contributed by atoms with van der Waals surface area (Å²) in [6.07, 6.45) is 0.654. The van der Waals surface area contributed by atoms with E-state index in [0.717, 1.165) is 11.1 Å². The number of rotatable bonds is 6. The molecular weight excluding hydrogens is 300 g/mol. The van der Waals surface area contributed by atoms with E-state index < -0.39 is 22.0 Å². The van der Waals surface area contributed by atoms with Crippen molar-refractivity contribution in [1.82, 2.24) is 4.72 Å². The zero-order valence-electron chi connectivity index (χ0n) is 14.1. The number of nitrogens with two attached hydrogens (primary N) is 1. The van der Waals surface area contributed by atoms with Crippen molar-refractivity contribution in [2.45, 2.75) is 58.9 Å². The minimum absolute atomic E-state index is 0.168. The summed E-state index contributed by atoms with van der Waals surface area (Å²) in [6, 6.07) is 1.05. The lowest BCUT2D eigenvalue weighted by Gasteiger charge is -2.23. The molecule has 3 N–H and O–H groups in total. The van der Waals surface area contributed by atoms with Crippen molar-refractivity contribution < 1.29 is 13.2 Å². The van der Waals surface area contributed by atoms with Crippen LogP contribution in [0.15, 0.2) is 11.0 Å². The Morgan fingerprint density at radius 2 is 1.64 bits per heavy atom. The number of sulfonamides is 1. The average molecular weight is 326 g/mol. The highest BCUT2D eigenvalue weighted by atomic mass is 32.2. The number of primary amides is 1. The largest absolute Gasteiger partial charge is 0.368 e. The van der Waals surface area contributed by atoms with E-state index in [4.69, 9.17) is 5.73 Å². The molecule has 0 heterocycles. The molecular formula is C16H26N2O3S. The number of hydrogen-bond donors (Lipinski definition) is 2. The van der Waals surface area contributed by atoms with E-state index >= 15 is 0 Å². The van der Waals surface area contributed by atoms with Crippen molar-refractivity contribution in [3.05, 3.63) is 28.3 Å². The Morgan fingerprint density at radius 3 is 2.00 bits per heavy atom. The van der Waals surface area contributed by atoms with Gasteiger partial charge < -0.3 is 5.73 Å². The first-order valence-electron chi connectivity index (χ1n) is 7.42. The third kappa shape index (κ3) is 3.67. The van der Waals surface area contributed by atoms with E-state index in [-0.39, 0.29) is 10.8 Å². The van der Waals surface area contributed by atoms with Crippen molar-refractivity contribution in [3.8, 4) is 0 Å². The Labute approximate surface area is 133 Å². The summed E-state index contributed by atoms with van der Waals surface area (Å²) in [6.45, 7) is 11.0. The van der Waals surface area contributed by atoms with Gasteiger partial charge in [0.05, 0.1) is 4.90 Å². The van der Waals surface area contributed by atoms with Gasteiger partial charge in [0.2, 0.25) is 15.9 Å². The van der Waals surface area contributed by atoms with Gasteiger partial charge in [-0.3, -0.25) is 4.79 Å². The van der Waals surface area contributed by atoms with E-state index in [1.165, 1.54) is 0 Å². The number of carbonyl (C=O) groups is 1. The first-order chi connectivity index (χ1) is 10.0. The first-order valence-corrected chi connectivity index (χ1v) is 8.90. The molecule has 0 aliphatic rings. The van der Waals surface area contributed by atoms with Crippen LogP contribution >= 0.6 is 0 Å². The molecule has 1 amide bonds. The zero-order valence-corrected chi connectivity index (χ0v) is 15.0. The minimum Gasteiger partial charge on any atom is -0.368 e. The molecule has 0 saturated carbocycles.